The van der Waals surface area contributed by atoms with Crippen molar-refractivity contribution in [1.82, 2.24) is 0 Å². The summed E-state index contributed by atoms with van der Waals surface area (Å²) in [6.45, 7) is -0.261. The van der Waals surface area contributed by atoms with E-state index in [-0.39, 0.29) is 18.2 Å². The maximum atomic E-state index is 13.6. The molecule has 0 spiro atoms. The van der Waals surface area contributed by atoms with Gasteiger partial charge < -0.3 is 10.1 Å². The molecule has 160 valence electrons. The molecule has 1 aliphatic heterocycles. The Labute approximate surface area is 193 Å². The van der Waals surface area contributed by atoms with Crippen LogP contribution >= 0.6 is 24.0 Å². The topological polar surface area (TPSA) is 58.6 Å². The third-order valence-corrected chi connectivity index (χ3v) is 5.81. The second-order valence-corrected chi connectivity index (χ2v) is 8.41. The van der Waals surface area contributed by atoms with E-state index in [1.54, 1.807) is 42.5 Å². The number of hydrogen-bond acceptors (Lipinski definition) is 5. The van der Waals surface area contributed by atoms with E-state index in [1.807, 2.05) is 30.3 Å². The molecule has 1 fully saturated rings. The Balaban J connectivity index is 1.37. The lowest BCUT2D eigenvalue weighted by Gasteiger charge is -2.13. The minimum atomic E-state index is -0.511. The van der Waals surface area contributed by atoms with E-state index in [4.69, 9.17) is 17.0 Å². The van der Waals surface area contributed by atoms with Crippen LogP contribution in [0.2, 0.25) is 0 Å². The Morgan fingerprint density at radius 3 is 2.44 bits per heavy atom. The van der Waals surface area contributed by atoms with E-state index in [9.17, 15) is 14.0 Å². The summed E-state index contributed by atoms with van der Waals surface area (Å²) in [6, 6.07) is 22.1. The van der Waals surface area contributed by atoms with Gasteiger partial charge in [0, 0.05) is 0 Å². The molecule has 1 aliphatic rings. The number of hydrogen-bond donors (Lipinski definition) is 1. The number of halogens is 1. The number of carbonyl (C=O) groups is 2. The molecule has 32 heavy (non-hydrogen) atoms. The van der Waals surface area contributed by atoms with Gasteiger partial charge in [-0.25, -0.2) is 4.39 Å². The van der Waals surface area contributed by atoms with Crippen LogP contribution in [0, 0.1) is 5.82 Å². The molecule has 2 amide bonds. The number of carbonyl (C=O) groups excluding carboxylic acids is 2. The molecule has 0 unspecified atom stereocenters. The number of rotatable bonds is 6. The third-order valence-electron chi connectivity index (χ3n) is 4.50. The number of para-hydroxylation sites is 2. The zero-order valence-corrected chi connectivity index (χ0v) is 18.3. The maximum Gasteiger partial charge on any atom is 0.270 e. The number of nitrogens with one attached hydrogen (secondary N) is 1. The highest BCUT2D eigenvalue weighted by molar-refractivity contribution is 8.27. The first-order valence-corrected chi connectivity index (χ1v) is 10.8. The molecular formula is C24H17FN2O3S2. The number of amides is 2. The smallest absolute Gasteiger partial charge is 0.270 e. The molecule has 3 aromatic rings. The largest absolute Gasteiger partial charge is 0.484 e. The van der Waals surface area contributed by atoms with Crippen molar-refractivity contribution < 1.29 is 18.7 Å². The van der Waals surface area contributed by atoms with Gasteiger partial charge in [0.1, 0.15) is 11.6 Å². The van der Waals surface area contributed by atoms with Crippen molar-refractivity contribution >= 4 is 57.6 Å². The lowest BCUT2D eigenvalue weighted by atomic mass is 10.2. The Morgan fingerprint density at radius 2 is 1.72 bits per heavy atom. The summed E-state index contributed by atoms with van der Waals surface area (Å²) in [7, 11) is 0. The summed E-state index contributed by atoms with van der Waals surface area (Å²) >= 11 is 6.62. The lowest BCUT2D eigenvalue weighted by molar-refractivity contribution is -0.118. The fourth-order valence-electron chi connectivity index (χ4n) is 2.98. The lowest BCUT2D eigenvalue weighted by Crippen LogP contribution is -2.27. The number of benzene rings is 3. The van der Waals surface area contributed by atoms with Gasteiger partial charge in [0.25, 0.3) is 11.8 Å². The average molecular weight is 465 g/mol. The molecule has 0 bridgehead atoms. The number of ether oxygens (including phenoxy) is 1. The third kappa shape index (κ3) is 5.04. The van der Waals surface area contributed by atoms with E-state index in [0.29, 0.717) is 15.0 Å². The molecule has 1 saturated heterocycles. The number of thiocarbonyl (C=S) groups is 1. The first-order valence-electron chi connectivity index (χ1n) is 9.61. The zero-order chi connectivity index (χ0) is 22.5. The van der Waals surface area contributed by atoms with Gasteiger partial charge in [-0.3, -0.25) is 14.5 Å². The van der Waals surface area contributed by atoms with Crippen LogP contribution in [-0.2, 0) is 9.59 Å². The van der Waals surface area contributed by atoms with Crippen molar-refractivity contribution in [2.45, 2.75) is 0 Å². The van der Waals surface area contributed by atoms with Crippen LogP contribution in [0.5, 0.6) is 5.75 Å². The van der Waals surface area contributed by atoms with E-state index in [0.717, 1.165) is 11.3 Å². The molecule has 0 aromatic heterocycles. The molecular weight excluding hydrogens is 447 g/mol. The van der Waals surface area contributed by atoms with Gasteiger partial charge in [0.2, 0.25) is 0 Å². The molecule has 3 aromatic carbocycles. The predicted octanol–water partition coefficient (Wildman–Crippen LogP) is 5.25. The molecule has 4 rings (SSSR count). The van der Waals surface area contributed by atoms with Crippen LogP contribution in [0.3, 0.4) is 0 Å². The maximum absolute atomic E-state index is 13.6. The van der Waals surface area contributed by atoms with Crippen LogP contribution in [0.4, 0.5) is 15.8 Å². The molecule has 8 heteroatoms. The predicted molar refractivity (Wildman–Crippen MR) is 129 cm³/mol. The SMILES string of the molecule is O=C(COc1ccc(/C=C2\SC(=S)N(c3ccccc3)C2=O)cc1)Nc1ccccc1F. The van der Waals surface area contributed by atoms with Gasteiger partial charge in [-0.1, -0.05) is 66.4 Å². The Kier molecular flexibility index (Phi) is 6.63. The van der Waals surface area contributed by atoms with Gasteiger partial charge >= 0.3 is 0 Å². The van der Waals surface area contributed by atoms with Gasteiger partial charge in [-0.2, -0.15) is 0 Å². The standard InChI is InChI=1S/C24H17FN2O3S2/c25-19-8-4-5-9-20(19)26-22(28)15-30-18-12-10-16(11-13-18)14-21-23(29)27(24(31)32-21)17-6-2-1-3-7-17/h1-14H,15H2,(H,26,28)/b21-14-. The second kappa shape index (κ2) is 9.76. The average Bonchev–Trinajstić information content (AvgIpc) is 3.08. The summed E-state index contributed by atoms with van der Waals surface area (Å²) in [5.41, 5.74) is 1.63. The summed E-state index contributed by atoms with van der Waals surface area (Å²) in [5, 5.41) is 2.46. The van der Waals surface area contributed by atoms with Gasteiger partial charge in [0.15, 0.2) is 10.9 Å². The quantitative estimate of drug-likeness (QED) is 0.399. The van der Waals surface area contributed by atoms with Crippen LogP contribution in [-0.4, -0.2) is 22.7 Å². The highest BCUT2D eigenvalue weighted by atomic mass is 32.2. The Bertz CT molecular complexity index is 1200. The molecule has 0 aliphatic carbocycles. The van der Waals surface area contributed by atoms with Crippen molar-refractivity contribution in [3.63, 3.8) is 0 Å². The van der Waals surface area contributed by atoms with Crippen LogP contribution in [0.25, 0.3) is 6.08 Å². The first-order chi connectivity index (χ1) is 15.5. The molecule has 0 radical (unpaired) electrons. The highest BCUT2D eigenvalue weighted by Crippen LogP contribution is 2.36. The van der Waals surface area contributed by atoms with Crippen LogP contribution < -0.4 is 15.0 Å². The Hall–Kier alpha value is -3.49. The van der Waals surface area contributed by atoms with Crippen LogP contribution in [0.1, 0.15) is 5.56 Å². The number of thioether (sulfide) groups is 1. The second-order valence-electron chi connectivity index (χ2n) is 6.74. The minimum Gasteiger partial charge on any atom is -0.484 e. The van der Waals surface area contributed by atoms with Gasteiger partial charge in [-0.15, -0.1) is 0 Å². The molecule has 0 saturated carbocycles. The molecule has 1 heterocycles. The van der Waals surface area contributed by atoms with E-state index < -0.39 is 11.7 Å². The monoisotopic (exact) mass is 464 g/mol. The molecule has 1 N–H and O–H groups in total. The van der Waals surface area contributed by atoms with Crippen molar-refractivity contribution in [2.75, 3.05) is 16.8 Å². The Morgan fingerprint density at radius 1 is 1.03 bits per heavy atom. The summed E-state index contributed by atoms with van der Waals surface area (Å²) < 4.78 is 19.5. The normalized spacial score (nSPS) is 14.7. The summed E-state index contributed by atoms with van der Waals surface area (Å²) in [5.74, 6) is -0.675. The fraction of sp³-hybridized carbons (Fsp3) is 0.0417. The van der Waals surface area contributed by atoms with Crippen molar-refractivity contribution in [2.24, 2.45) is 0 Å². The fourth-order valence-corrected chi connectivity index (χ4v) is 4.28. The minimum absolute atomic E-state index is 0.101. The summed E-state index contributed by atoms with van der Waals surface area (Å²) in [6.07, 6.45) is 1.76. The molecule has 5 nitrogen and oxygen atoms in total. The first kappa shape index (κ1) is 21.7. The van der Waals surface area contributed by atoms with E-state index in [1.165, 1.54) is 28.8 Å². The van der Waals surface area contributed by atoms with Crippen molar-refractivity contribution in [3.05, 3.63) is 95.1 Å². The number of nitrogens with zero attached hydrogens (tertiary/aromatic N) is 1. The molecule has 0 atom stereocenters. The highest BCUT2D eigenvalue weighted by Gasteiger charge is 2.33. The summed E-state index contributed by atoms with van der Waals surface area (Å²) in [4.78, 5) is 26.8. The zero-order valence-electron chi connectivity index (χ0n) is 16.7. The van der Waals surface area contributed by atoms with Crippen molar-refractivity contribution in [1.29, 1.82) is 0 Å². The van der Waals surface area contributed by atoms with Crippen molar-refractivity contribution in [3.8, 4) is 5.75 Å². The van der Waals surface area contributed by atoms with Gasteiger partial charge in [0.05, 0.1) is 16.3 Å². The van der Waals surface area contributed by atoms with E-state index >= 15 is 0 Å². The number of anilines is 2. The van der Waals surface area contributed by atoms with E-state index in [2.05, 4.69) is 5.32 Å². The van der Waals surface area contributed by atoms with Crippen LogP contribution in [0.15, 0.2) is 83.8 Å². The van der Waals surface area contributed by atoms with Gasteiger partial charge in [-0.05, 0) is 48.0 Å².